The predicted molar refractivity (Wildman–Crippen MR) is 132 cm³/mol. The highest BCUT2D eigenvalue weighted by Gasteiger charge is 2.25. The van der Waals surface area contributed by atoms with Gasteiger partial charge in [0.25, 0.3) is 0 Å². The number of amides is 1. The molecule has 0 atom stereocenters. The van der Waals surface area contributed by atoms with Crippen LogP contribution in [-0.4, -0.2) is 30.8 Å². The number of aromatic nitrogens is 5. The first kappa shape index (κ1) is 21.0. The molecule has 0 unspecified atom stereocenters. The Hall–Kier alpha value is -4.59. The monoisotopic (exact) mass is 462 g/mol. The smallest absolute Gasteiger partial charge is 0.410 e. The average molecular weight is 463 g/mol. The van der Waals surface area contributed by atoms with Crippen LogP contribution in [0, 0.1) is 0 Å². The van der Waals surface area contributed by atoms with Gasteiger partial charge in [-0.2, -0.15) is 5.10 Å². The predicted octanol–water partition coefficient (Wildman–Crippen LogP) is 4.79. The molecular weight excluding hydrogens is 440 g/mol. The molecule has 5 heterocycles. The molecule has 172 valence electrons. The van der Waals surface area contributed by atoms with Gasteiger partial charge in [-0.05, 0) is 60.4 Å². The van der Waals surface area contributed by atoms with Crippen LogP contribution in [0.5, 0.6) is 5.75 Å². The molecule has 1 amide bonds. The van der Waals surface area contributed by atoms with Crippen molar-refractivity contribution in [3.8, 4) is 28.3 Å². The van der Waals surface area contributed by atoms with E-state index in [1.807, 2.05) is 42.5 Å². The van der Waals surface area contributed by atoms with Gasteiger partial charge in [0.2, 0.25) is 0 Å². The van der Waals surface area contributed by atoms with Gasteiger partial charge in [-0.25, -0.2) is 4.79 Å². The maximum atomic E-state index is 12.3. The van der Waals surface area contributed by atoms with Crippen LogP contribution < -0.4 is 10.1 Å². The summed E-state index contributed by atoms with van der Waals surface area (Å²) in [5, 5.41) is 8.61. The zero-order valence-corrected chi connectivity index (χ0v) is 18.9. The van der Waals surface area contributed by atoms with Gasteiger partial charge < -0.3 is 10.1 Å². The topological polar surface area (TPSA) is 94.8 Å². The van der Waals surface area contributed by atoms with E-state index in [-0.39, 0.29) is 0 Å². The van der Waals surface area contributed by atoms with E-state index in [9.17, 15) is 4.79 Å². The third-order valence-corrected chi connectivity index (χ3v) is 6.10. The van der Waals surface area contributed by atoms with Gasteiger partial charge in [-0.3, -0.25) is 19.6 Å². The summed E-state index contributed by atoms with van der Waals surface area (Å²) in [4.78, 5) is 25.5. The zero-order chi connectivity index (χ0) is 23.6. The number of carbonyl (C=O) groups excluding carboxylic acids is 1. The van der Waals surface area contributed by atoms with E-state index >= 15 is 0 Å². The van der Waals surface area contributed by atoms with Crippen LogP contribution in [0.4, 0.5) is 4.79 Å². The van der Waals surface area contributed by atoms with Crippen molar-refractivity contribution in [2.75, 3.05) is 0 Å². The number of aryl methyl sites for hydroxylation is 1. The summed E-state index contributed by atoms with van der Waals surface area (Å²) in [6.07, 6.45) is 8.48. The van der Waals surface area contributed by atoms with Gasteiger partial charge in [-0.15, -0.1) is 0 Å². The molecule has 5 aromatic rings. The lowest BCUT2D eigenvalue weighted by atomic mass is 9.96. The molecule has 1 aromatic carbocycles. The molecule has 0 aliphatic carbocycles. The van der Waals surface area contributed by atoms with Crippen molar-refractivity contribution >= 4 is 17.0 Å². The molecule has 0 fully saturated rings. The molecule has 0 saturated heterocycles. The molecular formula is C27H22N6O2. The second-order valence-electron chi connectivity index (χ2n) is 8.35. The van der Waals surface area contributed by atoms with Crippen LogP contribution in [-0.2, 0) is 19.5 Å². The van der Waals surface area contributed by atoms with Gasteiger partial charge in [0.05, 0.1) is 11.2 Å². The molecule has 1 aliphatic rings. The number of ether oxygens (including phenoxy) is 1. The Kier molecular flexibility index (Phi) is 5.38. The number of nitrogens with zero attached hydrogens (tertiary/aromatic N) is 5. The van der Waals surface area contributed by atoms with E-state index in [0.717, 1.165) is 58.4 Å². The molecule has 1 N–H and O–H groups in total. The number of nitrogens with one attached hydrogen (secondary N) is 1. The number of pyridine rings is 3. The molecule has 8 heteroatoms. The second-order valence-corrected chi connectivity index (χ2v) is 8.35. The third-order valence-electron chi connectivity index (χ3n) is 6.10. The number of fused-ring (bicyclic) bond motifs is 2. The molecule has 0 radical (unpaired) electrons. The van der Waals surface area contributed by atoms with Gasteiger partial charge in [0, 0.05) is 60.6 Å². The van der Waals surface area contributed by atoms with E-state index < -0.39 is 6.09 Å². The van der Waals surface area contributed by atoms with Crippen molar-refractivity contribution in [2.45, 2.75) is 25.9 Å². The van der Waals surface area contributed by atoms with E-state index in [1.54, 1.807) is 36.9 Å². The van der Waals surface area contributed by atoms with Crippen LogP contribution in [0.2, 0.25) is 0 Å². The van der Waals surface area contributed by atoms with Crippen molar-refractivity contribution in [2.24, 2.45) is 0 Å². The lowest BCUT2D eigenvalue weighted by Crippen LogP contribution is -2.26. The van der Waals surface area contributed by atoms with Crippen molar-refractivity contribution in [3.63, 3.8) is 0 Å². The summed E-state index contributed by atoms with van der Waals surface area (Å²) < 4.78 is 7.60. The van der Waals surface area contributed by atoms with E-state index in [1.165, 1.54) is 5.69 Å². The van der Waals surface area contributed by atoms with Crippen molar-refractivity contribution in [1.82, 2.24) is 30.0 Å². The normalized spacial score (nSPS) is 12.5. The van der Waals surface area contributed by atoms with E-state index in [2.05, 4.69) is 25.0 Å². The van der Waals surface area contributed by atoms with Crippen molar-refractivity contribution < 1.29 is 9.53 Å². The zero-order valence-electron chi connectivity index (χ0n) is 18.9. The summed E-state index contributed by atoms with van der Waals surface area (Å²) in [5.74, 6) is 0.427. The van der Waals surface area contributed by atoms with E-state index in [4.69, 9.17) is 9.84 Å². The minimum atomic E-state index is -0.531. The summed E-state index contributed by atoms with van der Waals surface area (Å²) in [7, 11) is 0. The van der Waals surface area contributed by atoms with Crippen molar-refractivity contribution in [3.05, 3.63) is 90.6 Å². The lowest BCUT2D eigenvalue weighted by molar-refractivity contribution is 0.200. The van der Waals surface area contributed by atoms with Gasteiger partial charge in [-0.1, -0.05) is 12.1 Å². The Labute approximate surface area is 201 Å². The summed E-state index contributed by atoms with van der Waals surface area (Å²) in [6, 6.07) is 17.1. The summed E-state index contributed by atoms with van der Waals surface area (Å²) in [6.45, 7) is 1.25. The van der Waals surface area contributed by atoms with E-state index in [0.29, 0.717) is 12.3 Å². The van der Waals surface area contributed by atoms with Gasteiger partial charge >= 0.3 is 6.09 Å². The number of benzene rings is 1. The van der Waals surface area contributed by atoms with Crippen molar-refractivity contribution in [1.29, 1.82) is 0 Å². The molecule has 1 aliphatic heterocycles. The summed E-state index contributed by atoms with van der Waals surface area (Å²) >= 11 is 0. The maximum Gasteiger partial charge on any atom is 0.412 e. The number of carbonyl (C=O) groups is 1. The highest BCUT2D eigenvalue weighted by atomic mass is 16.6. The fourth-order valence-electron chi connectivity index (χ4n) is 4.53. The Morgan fingerprint density at radius 2 is 2.00 bits per heavy atom. The van der Waals surface area contributed by atoms with Crippen LogP contribution in [0.1, 0.15) is 17.7 Å². The van der Waals surface area contributed by atoms with Crippen LogP contribution in [0.25, 0.3) is 33.4 Å². The fourth-order valence-corrected chi connectivity index (χ4v) is 4.53. The Balaban J connectivity index is 1.32. The average Bonchev–Trinajstić information content (AvgIpc) is 3.50. The lowest BCUT2D eigenvalue weighted by Gasteiger charge is -2.11. The molecule has 0 spiro atoms. The first-order chi connectivity index (χ1) is 17.3. The van der Waals surface area contributed by atoms with Gasteiger partial charge in [0.1, 0.15) is 11.4 Å². The first-order valence-electron chi connectivity index (χ1n) is 11.5. The highest BCUT2D eigenvalue weighted by molar-refractivity contribution is 5.99. The van der Waals surface area contributed by atoms with Crippen LogP contribution >= 0.6 is 0 Å². The minimum Gasteiger partial charge on any atom is -0.410 e. The Morgan fingerprint density at radius 3 is 2.86 bits per heavy atom. The SMILES string of the molecule is O=C(NCc1cccnc1)Oc1ccc2c(-c3c(-c4ccccn4)nn4c3CCC4)ccnc2c1. The summed E-state index contributed by atoms with van der Waals surface area (Å²) in [5.41, 5.74) is 6.72. The largest absolute Gasteiger partial charge is 0.412 e. The molecule has 35 heavy (non-hydrogen) atoms. The molecule has 0 saturated carbocycles. The molecule has 4 aromatic heterocycles. The highest BCUT2D eigenvalue weighted by Crippen LogP contribution is 2.40. The third kappa shape index (κ3) is 4.10. The number of hydrogen-bond donors (Lipinski definition) is 1. The number of rotatable bonds is 5. The quantitative estimate of drug-likeness (QED) is 0.404. The Bertz CT molecular complexity index is 1520. The number of hydrogen-bond acceptors (Lipinski definition) is 6. The molecule has 6 rings (SSSR count). The molecule has 8 nitrogen and oxygen atoms in total. The molecule has 0 bridgehead atoms. The first-order valence-corrected chi connectivity index (χ1v) is 11.5. The van der Waals surface area contributed by atoms with Gasteiger partial charge in [0.15, 0.2) is 0 Å². The fraction of sp³-hybridized carbons (Fsp3) is 0.148. The minimum absolute atomic E-state index is 0.339. The Morgan fingerprint density at radius 1 is 1.03 bits per heavy atom. The maximum absolute atomic E-state index is 12.3. The second kappa shape index (κ2) is 8.98. The van der Waals surface area contributed by atoms with Crippen LogP contribution in [0.3, 0.4) is 0 Å². The van der Waals surface area contributed by atoms with Crippen LogP contribution in [0.15, 0.2) is 79.4 Å². The standard InChI is InChI=1S/C27H22N6O2/c34-27(31-17-18-5-3-11-28-16-18)35-19-8-9-20-21(10-13-30-23(20)15-19)25-24-7-4-14-33(24)32-26(25)22-6-1-2-12-29-22/h1-3,5-6,8-13,15-16H,4,7,14,17H2,(H,31,34).